The maximum atomic E-state index is 12.7. The van der Waals surface area contributed by atoms with Crippen LogP contribution < -0.4 is 10.5 Å². The maximum Gasteiger partial charge on any atom is 0.243 e. The summed E-state index contributed by atoms with van der Waals surface area (Å²) >= 11 is 0. The summed E-state index contributed by atoms with van der Waals surface area (Å²) in [6, 6.07) is 6.73. The zero-order valence-electron chi connectivity index (χ0n) is 12.1. The zero-order chi connectivity index (χ0) is 14.7. The Morgan fingerprint density at radius 3 is 2.05 bits per heavy atom. The molecule has 4 fully saturated rings. The summed E-state index contributed by atoms with van der Waals surface area (Å²) in [5.41, 5.74) is 5.97. The monoisotopic (exact) mass is 306 g/mol. The van der Waals surface area contributed by atoms with E-state index in [9.17, 15) is 8.42 Å². The number of anilines is 1. The van der Waals surface area contributed by atoms with Crippen molar-refractivity contribution in [3.05, 3.63) is 24.3 Å². The van der Waals surface area contributed by atoms with Gasteiger partial charge in [0, 0.05) is 5.54 Å². The van der Waals surface area contributed by atoms with Crippen LogP contribution in [0.5, 0.6) is 0 Å². The fourth-order valence-electron chi connectivity index (χ4n) is 5.30. The highest BCUT2D eigenvalue weighted by Gasteiger charge is 2.52. The Morgan fingerprint density at radius 2 is 1.52 bits per heavy atom. The van der Waals surface area contributed by atoms with Crippen LogP contribution in [0.15, 0.2) is 29.2 Å². The normalized spacial score (nSPS) is 37.8. The van der Waals surface area contributed by atoms with Gasteiger partial charge in [-0.3, -0.25) is 0 Å². The van der Waals surface area contributed by atoms with Gasteiger partial charge in [0.25, 0.3) is 0 Å². The van der Waals surface area contributed by atoms with Crippen molar-refractivity contribution < 1.29 is 8.42 Å². The smallest absolute Gasteiger partial charge is 0.243 e. The molecule has 4 aliphatic carbocycles. The topological polar surface area (TPSA) is 72.2 Å². The summed E-state index contributed by atoms with van der Waals surface area (Å²) in [7, 11) is -3.53. The molecule has 4 aliphatic rings. The third kappa shape index (κ3) is 2.27. The van der Waals surface area contributed by atoms with Gasteiger partial charge < -0.3 is 5.73 Å². The van der Waals surface area contributed by atoms with Crippen LogP contribution in [0, 0.1) is 17.8 Å². The largest absolute Gasteiger partial charge is 0.398 e. The summed E-state index contributed by atoms with van der Waals surface area (Å²) in [4.78, 5) is 0.223. The van der Waals surface area contributed by atoms with E-state index in [1.807, 2.05) is 0 Å². The first-order chi connectivity index (χ1) is 9.96. The molecule has 3 N–H and O–H groups in total. The molecule has 4 nitrogen and oxygen atoms in total. The van der Waals surface area contributed by atoms with Gasteiger partial charge in [-0.15, -0.1) is 0 Å². The molecule has 0 amide bonds. The van der Waals surface area contributed by atoms with Gasteiger partial charge in [0.2, 0.25) is 10.0 Å². The highest BCUT2D eigenvalue weighted by atomic mass is 32.2. The second kappa shape index (κ2) is 4.46. The van der Waals surface area contributed by atoms with E-state index in [-0.39, 0.29) is 10.4 Å². The Labute approximate surface area is 126 Å². The minimum Gasteiger partial charge on any atom is -0.398 e. The van der Waals surface area contributed by atoms with E-state index in [0.717, 1.165) is 19.3 Å². The Balaban J connectivity index is 1.65. The van der Waals surface area contributed by atoms with Crippen molar-refractivity contribution in [3.63, 3.8) is 0 Å². The quantitative estimate of drug-likeness (QED) is 0.843. The first kappa shape index (κ1) is 13.6. The van der Waals surface area contributed by atoms with Crippen molar-refractivity contribution in [3.8, 4) is 0 Å². The fourth-order valence-corrected chi connectivity index (χ4v) is 6.87. The molecule has 0 aromatic heterocycles. The summed E-state index contributed by atoms with van der Waals surface area (Å²) < 4.78 is 28.5. The molecule has 0 aliphatic heterocycles. The van der Waals surface area contributed by atoms with Crippen molar-refractivity contribution in [2.45, 2.75) is 49.0 Å². The van der Waals surface area contributed by atoms with Crippen molar-refractivity contribution in [2.24, 2.45) is 17.8 Å². The number of hydrogen-bond acceptors (Lipinski definition) is 3. The van der Waals surface area contributed by atoms with Gasteiger partial charge in [-0.25, -0.2) is 13.1 Å². The van der Waals surface area contributed by atoms with Gasteiger partial charge in [0.1, 0.15) is 4.90 Å². The molecule has 1 aromatic rings. The Hall–Kier alpha value is -1.07. The van der Waals surface area contributed by atoms with Crippen LogP contribution in [0.2, 0.25) is 0 Å². The third-order valence-electron chi connectivity index (χ3n) is 5.60. The maximum absolute atomic E-state index is 12.7. The van der Waals surface area contributed by atoms with Crippen molar-refractivity contribution >= 4 is 15.7 Å². The average molecular weight is 306 g/mol. The number of nitrogens with two attached hydrogens (primary N) is 1. The lowest BCUT2D eigenvalue weighted by atomic mass is 9.53. The number of rotatable bonds is 3. The molecule has 4 bridgehead atoms. The van der Waals surface area contributed by atoms with E-state index < -0.39 is 10.0 Å². The first-order valence-electron chi connectivity index (χ1n) is 7.84. The van der Waals surface area contributed by atoms with Crippen LogP contribution in [-0.2, 0) is 10.0 Å². The molecule has 21 heavy (non-hydrogen) atoms. The van der Waals surface area contributed by atoms with Crippen LogP contribution in [-0.4, -0.2) is 14.0 Å². The summed E-state index contributed by atoms with van der Waals surface area (Å²) in [5, 5.41) is 0. The predicted octanol–water partition coefficient (Wildman–Crippen LogP) is 2.52. The van der Waals surface area contributed by atoms with Crippen LogP contribution in [0.4, 0.5) is 5.69 Å². The average Bonchev–Trinajstić information content (AvgIpc) is 2.35. The third-order valence-corrected chi connectivity index (χ3v) is 7.25. The van der Waals surface area contributed by atoms with E-state index >= 15 is 0 Å². The summed E-state index contributed by atoms with van der Waals surface area (Å²) in [6.07, 6.45) is 6.91. The van der Waals surface area contributed by atoms with E-state index in [2.05, 4.69) is 4.72 Å². The minimum absolute atomic E-state index is 0.212. The van der Waals surface area contributed by atoms with E-state index in [0.29, 0.717) is 23.4 Å². The lowest BCUT2D eigenvalue weighted by Gasteiger charge is -2.56. The molecule has 5 rings (SSSR count). The molecule has 0 heterocycles. The molecule has 5 heteroatoms. The van der Waals surface area contributed by atoms with Crippen LogP contribution in [0.3, 0.4) is 0 Å². The summed E-state index contributed by atoms with van der Waals surface area (Å²) in [6.45, 7) is 0. The lowest BCUT2D eigenvalue weighted by Crippen LogP contribution is -2.59. The lowest BCUT2D eigenvalue weighted by molar-refractivity contribution is -0.00809. The van der Waals surface area contributed by atoms with Crippen LogP contribution in [0.25, 0.3) is 0 Å². The standard InChI is InChI=1S/C16H22N2O2S/c17-14-3-1-2-4-15(14)21(19,20)18-16-8-11-5-12(9-16)7-13(6-11)10-16/h1-4,11-13,18H,5-10,17H2. The highest BCUT2D eigenvalue weighted by molar-refractivity contribution is 7.89. The van der Waals surface area contributed by atoms with Gasteiger partial charge in [0.15, 0.2) is 0 Å². The number of nitrogen functional groups attached to an aromatic ring is 1. The van der Waals surface area contributed by atoms with Crippen molar-refractivity contribution in [1.29, 1.82) is 0 Å². The number of nitrogens with one attached hydrogen (secondary N) is 1. The van der Waals surface area contributed by atoms with E-state index in [4.69, 9.17) is 5.73 Å². The van der Waals surface area contributed by atoms with Crippen molar-refractivity contribution in [2.75, 3.05) is 5.73 Å². The summed E-state index contributed by atoms with van der Waals surface area (Å²) in [5.74, 6) is 2.14. The number of benzene rings is 1. The highest BCUT2D eigenvalue weighted by Crippen LogP contribution is 2.56. The molecule has 1 aromatic carbocycles. The predicted molar refractivity (Wildman–Crippen MR) is 82.1 cm³/mol. The SMILES string of the molecule is Nc1ccccc1S(=O)(=O)NC12CC3CC(CC(C3)C1)C2. The molecule has 0 radical (unpaired) electrons. The van der Waals surface area contributed by atoms with Crippen LogP contribution in [0.1, 0.15) is 38.5 Å². The number of para-hydroxylation sites is 1. The molecular weight excluding hydrogens is 284 g/mol. The van der Waals surface area contributed by atoms with Gasteiger partial charge in [-0.05, 0) is 68.4 Å². The number of sulfonamides is 1. The molecule has 0 unspecified atom stereocenters. The molecule has 114 valence electrons. The molecule has 0 saturated heterocycles. The van der Waals surface area contributed by atoms with E-state index in [1.165, 1.54) is 19.3 Å². The molecule has 4 saturated carbocycles. The van der Waals surface area contributed by atoms with Crippen LogP contribution >= 0.6 is 0 Å². The Morgan fingerprint density at radius 1 is 1.00 bits per heavy atom. The first-order valence-corrected chi connectivity index (χ1v) is 9.33. The van der Waals surface area contributed by atoms with Gasteiger partial charge in [-0.2, -0.15) is 0 Å². The second-order valence-corrected chi connectivity index (χ2v) is 8.99. The van der Waals surface area contributed by atoms with Gasteiger partial charge >= 0.3 is 0 Å². The van der Waals surface area contributed by atoms with Gasteiger partial charge in [-0.1, -0.05) is 12.1 Å². The number of hydrogen-bond donors (Lipinski definition) is 2. The molecule has 0 atom stereocenters. The van der Waals surface area contributed by atoms with Gasteiger partial charge in [0.05, 0.1) is 5.69 Å². The Bertz CT molecular complexity index is 633. The second-order valence-electron chi connectivity index (χ2n) is 7.34. The molecular formula is C16H22N2O2S. The fraction of sp³-hybridized carbons (Fsp3) is 0.625. The van der Waals surface area contributed by atoms with Crippen molar-refractivity contribution in [1.82, 2.24) is 4.72 Å². The minimum atomic E-state index is -3.53. The Kier molecular flexibility index (Phi) is 2.89. The molecule has 0 spiro atoms. The zero-order valence-corrected chi connectivity index (χ0v) is 12.9. The van der Waals surface area contributed by atoms with E-state index in [1.54, 1.807) is 24.3 Å².